The van der Waals surface area contributed by atoms with E-state index < -0.39 is 0 Å². The predicted molar refractivity (Wildman–Crippen MR) is 81.2 cm³/mol. The van der Waals surface area contributed by atoms with Crippen molar-refractivity contribution in [3.05, 3.63) is 42.5 Å². The highest BCUT2D eigenvalue weighted by molar-refractivity contribution is 5.74. The van der Waals surface area contributed by atoms with Gasteiger partial charge in [0, 0.05) is 37.6 Å². The number of pyridine rings is 1. The van der Waals surface area contributed by atoms with Crippen LogP contribution in [-0.4, -0.2) is 30.3 Å². The SMILES string of the molecule is O=C(NCc1ccc(-c2ccoc2)nc1)NC1CCOCC1. The summed E-state index contributed by atoms with van der Waals surface area (Å²) >= 11 is 0. The number of amides is 2. The third-order valence-corrected chi connectivity index (χ3v) is 3.65. The standard InChI is InChI=1S/C16H19N3O3/c20-16(19-14-4-7-21-8-5-14)18-10-12-1-2-15(17-9-12)13-3-6-22-11-13/h1-3,6,9,11,14H,4-5,7-8,10H2,(H2,18,19,20). The smallest absolute Gasteiger partial charge is 0.315 e. The summed E-state index contributed by atoms with van der Waals surface area (Å²) in [6.07, 6.45) is 6.77. The molecule has 0 aliphatic carbocycles. The van der Waals surface area contributed by atoms with Crippen LogP contribution in [0.2, 0.25) is 0 Å². The highest BCUT2D eigenvalue weighted by Crippen LogP contribution is 2.17. The zero-order valence-electron chi connectivity index (χ0n) is 12.2. The second-order valence-corrected chi connectivity index (χ2v) is 5.28. The summed E-state index contributed by atoms with van der Waals surface area (Å²) in [4.78, 5) is 16.2. The van der Waals surface area contributed by atoms with Crippen molar-refractivity contribution in [1.82, 2.24) is 15.6 Å². The minimum atomic E-state index is -0.147. The molecule has 0 bridgehead atoms. The number of nitrogens with one attached hydrogen (secondary N) is 2. The van der Waals surface area contributed by atoms with Gasteiger partial charge in [0.05, 0.1) is 18.2 Å². The van der Waals surface area contributed by atoms with Crippen LogP contribution < -0.4 is 10.6 Å². The maximum absolute atomic E-state index is 11.8. The van der Waals surface area contributed by atoms with E-state index in [1.165, 1.54) is 0 Å². The molecule has 2 N–H and O–H groups in total. The maximum atomic E-state index is 11.8. The van der Waals surface area contributed by atoms with Crippen molar-refractivity contribution in [2.75, 3.05) is 13.2 Å². The fraction of sp³-hybridized carbons (Fsp3) is 0.375. The lowest BCUT2D eigenvalue weighted by Crippen LogP contribution is -2.44. The lowest BCUT2D eigenvalue weighted by atomic mass is 10.1. The molecule has 1 aliphatic heterocycles. The van der Waals surface area contributed by atoms with Gasteiger partial charge in [0.25, 0.3) is 0 Å². The van der Waals surface area contributed by atoms with Gasteiger partial charge in [0.2, 0.25) is 0 Å². The van der Waals surface area contributed by atoms with Crippen molar-refractivity contribution in [2.45, 2.75) is 25.4 Å². The van der Waals surface area contributed by atoms with Crippen molar-refractivity contribution in [2.24, 2.45) is 0 Å². The third-order valence-electron chi connectivity index (χ3n) is 3.65. The summed E-state index contributed by atoms with van der Waals surface area (Å²) in [6.45, 7) is 1.88. The zero-order valence-corrected chi connectivity index (χ0v) is 12.2. The number of hydrogen-bond acceptors (Lipinski definition) is 4. The Kier molecular flexibility index (Phi) is 4.70. The van der Waals surface area contributed by atoms with Crippen molar-refractivity contribution in [3.8, 4) is 11.3 Å². The van der Waals surface area contributed by atoms with Gasteiger partial charge in [-0.05, 0) is 30.5 Å². The number of aromatic nitrogens is 1. The number of hydrogen-bond donors (Lipinski definition) is 2. The normalized spacial score (nSPS) is 15.5. The number of ether oxygens (including phenoxy) is 1. The minimum Gasteiger partial charge on any atom is -0.472 e. The van der Waals surface area contributed by atoms with Gasteiger partial charge in [0.1, 0.15) is 0 Å². The van der Waals surface area contributed by atoms with Crippen LogP contribution in [0.15, 0.2) is 41.3 Å². The highest BCUT2D eigenvalue weighted by Gasteiger charge is 2.15. The topological polar surface area (TPSA) is 76.4 Å². The molecular formula is C16H19N3O3. The Balaban J connectivity index is 1.47. The molecule has 1 fully saturated rings. The van der Waals surface area contributed by atoms with Crippen molar-refractivity contribution >= 4 is 6.03 Å². The Labute approximate surface area is 128 Å². The summed E-state index contributed by atoms with van der Waals surface area (Å²) in [7, 11) is 0. The number of furan rings is 1. The van der Waals surface area contributed by atoms with Gasteiger partial charge in [-0.2, -0.15) is 0 Å². The Morgan fingerprint density at radius 3 is 2.82 bits per heavy atom. The number of nitrogens with zero attached hydrogens (tertiary/aromatic N) is 1. The van der Waals surface area contributed by atoms with E-state index in [-0.39, 0.29) is 12.1 Å². The second kappa shape index (κ2) is 7.09. The molecule has 3 heterocycles. The molecule has 0 atom stereocenters. The molecule has 1 aliphatic rings. The summed E-state index contributed by atoms with van der Waals surface area (Å²) in [5.74, 6) is 0. The van der Waals surface area contributed by atoms with E-state index in [1.807, 2.05) is 18.2 Å². The van der Waals surface area contributed by atoms with Crippen LogP contribution in [0.5, 0.6) is 0 Å². The summed E-state index contributed by atoms with van der Waals surface area (Å²) in [5, 5.41) is 5.81. The van der Waals surface area contributed by atoms with E-state index >= 15 is 0 Å². The average molecular weight is 301 g/mol. The van der Waals surface area contributed by atoms with Crippen LogP contribution in [0.25, 0.3) is 11.3 Å². The Morgan fingerprint density at radius 1 is 1.27 bits per heavy atom. The first-order chi connectivity index (χ1) is 10.8. The van der Waals surface area contributed by atoms with E-state index in [4.69, 9.17) is 9.15 Å². The molecule has 22 heavy (non-hydrogen) atoms. The molecule has 0 unspecified atom stereocenters. The third kappa shape index (κ3) is 3.85. The van der Waals surface area contributed by atoms with Crippen LogP contribution >= 0.6 is 0 Å². The lowest BCUT2D eigenvalue weighted by Gasteiger charge is -2.23. The molecule has 0 radical (unpaired) electrons. The number of carbonyl (C=O) groups is 1. The molecule has 6 nitrogen and oxygen atoms in total. The summed E-state index contributed by atoms with van der Waals surface area (Å²) < 4.78 is 10.3. The molecule has 2 amide bonds. The van der Waals surface area contributed by atoms with Crippen molar-refractivity contribution in [3.63, 3.8) is 0 Å². The van der Waals surface area contributed by atoms with Crippen LogP contribution in [-0.2, 0) is 11.3 Å². The first-order valence-corrected chi connectivity index (χ1v) is 7.41. The highest BCUT2D eigenvalue weighted by atomic mass is 16.5. The predicted octanol–water partition coefficient (Wildman–Crippen LogP) is 2.32. The Bertz CT molecular complexity index is 590. The van der Waals surface area contributed by atoms with Crippen LogP contribution in [0.3, 0.4) is 0 Å². The molecule has 2 aromatic rings. The van der Waals surface area contributed by atoms with Gasteiger partial charge >= 0.3 is 6.03 Å². The first kappa shape index (κ1) is 14.6. The molecular weight excluding hydrogens is 282 g/mol. The van der Waals surface area contributed by atoms with Crippen LogP contribution in [0.4, 0.5) is 4.79 Å². The van der Waals surface area contributed by atoms with E-state index in [9.17, 15) is 4.79 Å². The fourth-order valence-corrected chi connectivity index (χ4v) is 2.37. The monoisotopic (exact) mass is 301 g/mol. The lowest BCUT2D eigenvalue weighted by molar-refractivity contribution is 0.0801. The molecule has 116 valence electrons. The molecule has 0 spiro atoms. The van der Waals surface area contributed by atoms with E-state index in [1.54, 1.807) is 18.7 Å². The van der Waals surface area contributed by atoms with E-state index in [0.717, 1.165) is 29.7 Å². The Hall–Kier alpha value is -2.34. The van der Waals surface area contributed by atoms with Crippen molar-refractivity contribution < 1.29 is 13.9 Å². The van der Waals surface area contributed by atoms with Gasteiger partial charge < -0.3 is 19.8 Å². The van der Waals surface area contributed by atoms with Crippen LogP contribution in [0, 0.1) is 0 Å². The summed E-state index contributed by atoms with van der Waals surface area (Å²) in [5.41, 5.74) is 2.75. The number of rotatable bonds is 4. The molecule has 6 heteroatoms. The molecule has 0 aromatic carbocycles. The second-order valence-electron chi connectivity index (χ2n) is 5.28. The molecule has 1 saturated heterocycles. The van der Waals surface area contributed by atoms with Crippen LogP contribution in [0.1, 0.15) is 18.4 Å². The quantitative estimate of drug-likeness (QED) is 0.908. The largest absolute Gasteiger partial charge is 0.472 e. The van der Waals surface area contributed by atoms with E-state index in [0.29, 0.717) is 19.8 Å². The van der Waals surface area contributed by atoms with Crippen molar-refractivity contribution in [1.29, 1.82) is 0 Å². The average Bonchev–Trinajstić information content (AvgIpc) is 3.09. The first-order valence-electron chi connectivity index (χ1n) is 7.41. The van der Waals surface area contributed by atoms with Gasteiger partial charge in [-0.3, -0.25) is 4.98 Å². The minimum absolute atomic E-state index is 0.147. The summed E-state index contributed by atoms with van der Waals surface area (Å²) in [6, 6.07) is 5.78. The molecule has 3 rings (SSSR count). The molecule has 0 saturated carbocycles. The Morgan fingerprint density at radius 2 is 2.14 bits per heavy atom. The fourth-order valence-electron chi connectivity index (χ4n) is 2.37. The molecule has 2 aromatic heterocycles. The number of urea groups is 1. The van der Waals surface area contributed by atoms with Gasteiger partial charge in [-0.25, -0.2) is 4.79 Å². The van der Waals surface area contributed by atoms with Gasteiger partial charge in [-0.1, -0.05) is 6.07 Å². The van der Waals surface area contributed by atoms with Gasteiger partial charge in [0.15, 0.2) is 0 Å². The number of carbonyl (C=O) groups excluding carboxylic acids is 1. The van der Waals surface area contributed by atoms with Gasteiger partial charge in [-0.15, -0.1) is 0 Å². The van der Waals surface area contributed by atoms with E-state index in [2.05, 4.69) is 15.6 Å². The maximum Gasteiger partial charge on any atom is 0.315 e. The zero-order chi connectivity index (χ0) is 15.2.